The molecule has 0 saturated carbocycles. The Hall–Kier alpha value is -2.37. The average molecular weight is 260 g/mol. The van der Waals surface area contributed by atoms with E-state index in [4.69, 9.17) is 10.5 Å². The summed E-state index contributed by atoms with van der Waals surface area (Å²) in [6, 6.07) is 1.80. The highest BCUT2D eigenvalue weighted by Crippen LogP contribution is 2.26. The number of ether oxygens (including phenoxy) is 1. The largest absolute Gasteiger partial charge is 0.462 e. The Morgan fingerprint density at radius 2 is 2.42 bits per heavy atom. The minimum Gasteiger partial charge on any atom is -0.462 e. The number of rotatable bonds is 4. The van der Waals surface area contributed by atoms with Crippen LogP contribution in [-0.4, -0.2) is 28.5 Å². The summed E-state index contributed by atoms with van der Waals surface area (Å²) in [5, 5.41) is 0.818. The standard InChI is InChI=1S/C13H16N4O2/c1-3-19-13(18)12-9-4-5-15-6-10(9)17(2)11(12)7-16-8-14/h4-6,8H,3,7H2,1-2H3,(H2,14,16). The quantitative estimate of drug-likeness (QED) is 0.509. The van der Waals surface area contributed by atoms with E-state index in [0.717, 1.165) is 16.6 Å². The van der Waals surface area contributed by atoms with Gasteiger partial charge in [-0.2, -0.15) is 0 Å². The van der Waals surface area contributed by atoms with Crippen LogP contribution in [0.3, 0.4) is 0 Å². The molecule has 0 amide bonds. The van der Waals surface area contributed by atoms with E-state index in [2.05, 4.69) is 9.98 Å². The Morgan fingerprint density at radius 3 is 3.11 bits per heavy atom. The fraction of sp³-hybridized carbons (Fsp3) is 0.308. The van der Waals surface area contributed by atoms with Gasteiger partial charge in [-0.25, -0.2) is 4.79 Å². The molecule has 2 heterocycles. The third-order valence-corrected chi connectivity index (χ3v) is 2.95. The number of nitrogens with two attached hydrogens (primary N) is 1. The first kappa shape index (κ1) is 13.1. The van der Waals surface area contributed by atoms with Gasteiger partial charge >= 0.3 is 5.97 Å². The van der Waals surface area contributed by atoms with Crippen LogP contribution in [0.25, 0.3) is 10.9 Å². The van der Waals surface area contributed by atoms with Crippen molar-refractivity contribution in [3.8, 4) is 0 Å². The molecule has 0 spiro atoms. The second kappa shape index (κ2) is 5.51. The van der Waals surface area contributed by atoms with E-state index in [1.807, 2.05) is 11.6 Å². The van der Waals surface area contributed by atoms with Crippen molar-refractivity contribution < 1.29 is 9.53 Å². The lowest BCUT2D eigenvalue weighted by atomic mass is 10.1. The van der Waals surface area contributed by atoms with Crippen LogP contribution in [0.1, 0.15) is 23.0 Å². The molecule has 2 aromatic rings. The molecule has 0 atom stereocenters. The summed E-state index contributed by atoms with van der Waals surface area (Å²) in [6.45, 7) is 2.44. The number of aromatic nitrogens is 2. The molecule has 0 bridgehead atoms. The molecule has 0 aliphatic rings. The van der Waals surface area contributed by atoms with Gasteiger partial charge in [-0.3, -0.25) is 9.98 Å². The Morgan fingerprint density at radius 1 is 1.63 bits per heavy atom. The summed E-state index contributed by atoms with van der Waals surface area (Å²) in [6.07, 6.45) is 4.60. The average Bonchev–Trinajstić information content (AvgIpc) is 2.70. The molecule has 0 unspecified atom stereocenters. The molecule has 2 rings (SSSR count). The number of aryl methyl sites for hydroxylation is 1. The molecular weight excluding hydrogens is 244 g/mol. The zero-order valence-electron chi connectivity index (χ0n) is 11.0. The maximum atomic E-state index is 12.1. The first-order valence-corrected chi connectivity index (χ1v) is 5.99. The van der Waals surface area contributed by atoms with E-state index in [9.17, 15) is 4.79 Å². The molecule has 6 nitrogen and oxygen atoms in total. The first-order chi connectivity index (χ1) is 9.20. The van der Waals surface area contributed by atoms with Crippen molar-refractivity contribution >= 4 is 23.2 Å². The van der Waals surface area contributed by atoms with Gasteiger partial charge < -0.3 is 15.0 Å². The summed E-state index contributed by atoms with van der Waals surface area (Å²) < 4.78 is 7.00. The summed E-state index contributed by atoms with van der Waals surface area (Å²) in [4.78, 5) is 20.2. The minimum atomic E-state index is -0.346. The Bertz CT molecular complexity index is 631. The summed E-state index contributed by atoms with van der Waals surface area (Å²) in [7, 11) is 1.87. The zero-order chi connectivity index (χ0) is 13.8. The molecule has 0 fully saturated rings. The molecule has 0 radical (unpaired) electrons. The number of aliphatic imine (C=N–C) groups is 1. The van der Waals surface area contributed by atoms with Crippen LogP contribution >= 0.6 is 0 Å². The van der Waals surface area contributed by atoms with E-state index in [1.54, 1.807) is 25.4 Å². The number of hydrogen-bond acceptors (Lipinski definition) is 4. The van der Waals surface area contributed by atoms with Crippen molar-refractivity contribution in [3.63, 3.8) is 0 Å². The van der Waals surface area contributed by atoms with E-state index < -0.39 is 0 Å². The Balaban J connectivity index is 2.65. The highest BCUT2D eigenvalue weighted by Gasteiger charge is 2.21. The molecule has 2 N–H and O–H groups in total. The predicted molar refractivity (Wildman–Crippen MR) is 73.1 cm³/mol. The van der Waals surface area contributed by atoms with E-state index in [0.29, 0.717) is 18.7 Å². The van der Waals surface area contributed by atoms with Gasteiger partial charge in [-0.15, -0.1) is 0 Å². The lowest BCUT2D eigenvalue weighted by Gasteiger charge is -2.04. The fourth-order valence-corrected chi connectivity index (χ4v) is 2.09. The maximum Gasteiger partial charge on any atom is 0.340 e. The minimum absolute atomic E-state index is 0.329. The normalized spacial score (nSPS) is 11.3. The van der Waals surface area contributed by atoms with Crippen molar-refractivity contribution in [1.82, 2.24) is 9.55 Å². The van der Waals surface area contributed by atoms with Crippen LogP contribution in [0.5, 0.6) is 0 Å². The number of hydrogen-bond donors (Lipinski definition) is 1. The highest BCUT2D eigenvalue weighted by molar-refractivity contribution is 6.05. The van der Waals surface area contributed by atoms with Crippen LogP contribution in [0, 0.1) is 0 Å². The van der Waals surface area contributed by atoms with Gasteiger partial charge in [0.1, 0.15) is 0 Å². The molecule has 6 heteroatoms. The second-order valence-electron chi connectivity index (χ2n) is 3.98. The van der Waals surface area contributed by atoms with E-state index in [-0.39, 0.29) is 5.97 Å². The molecule has 2 aromatic heterocycles. The Labute approximate surface area is 110 Å². The third-order valence-electron chi connectivity index (χ3n) is 2.95. The third kappa shape index (κ3) is 2.29. The number of esters is 1. The molecule has 0 aromatic carbocycles. The predicted octanol–water partition coefficient (Wildman–Crippen LogP) is 1.24. The van der Waals surface area contributed by atoms with Crippen LogP contribution in [0.15, 0.2) is 23.5 Å². The van der Waals surface area contributed by atoms with Crippen LogP contribution in [-0.2, 0) is 18.3 Å². The fourth-order valence-electron chi connectivity index (χ4n) is 2.09. The van der Waals surface area contributed by atoms with Crippen molar-refractivity contribution in [3.05, 3.63) is 29.7 Å². The monoisotopic (exact) mass is 260 g/mol. The SMILES string of the molecule is CCOC(=O)c1c(CN=CN)n(C)c2cnccc12. The maximum absolute atomic E-state index is 12.1. The van der Waals surface area contributed by atoms with Gasteiger partial charge in [0.25, 0.3) is 0 Å². The van der Waals surface area contributed by atoms with Gasteiger partial charge in [0, 0.05) is 18.6 Å². The lowest BCUT2D eigenvalue weighted by molar-refractivity contribution is 0.0527. The van der Waals surface area contributed by atoms with Crippen LogP contribution in [0.4, 0.5) is 0 Å². The van der Waals surface area contributed by atoms with E-state index >= 15 is 0 Å². The Kier molecular flexibility index (Phi) is 3.79. The smallest absolute Gasteiger partial charge is 0.340 e. The van der Waals surface area contributed by atoms with Gasteiger partial charge in [0.15, 0.2) is 0 Å². The van der Waals surface area contributed by atoms with Gasteiger partial charge in [0.2, 0.25) is 0 Å². The second-order valence-corrected chi connectivity index (χ2v) is 3.98. The number of fused-ring (bicyclic) bond motifs is 1. The van der Waals surface area contributed by atoms with Gasteiger partial charge in [0.05, 0.1) is 42.5 Å². The molecule has 0 saturated heterocycles. The molecule has 100 valence electrons. The summed E-state index contributed by atoms with van der Waals surface area (Å²) in [5.74, 6) is -0.346. The zero-order valence-corrected chi connectivity index (χ0v) is 11.0. The molecule has 19 heavy (non-hydrogen) atoms. The first-order valence-electron chi connectivity index (χ1n) is 5.99. The van der Waals surface area contributed by atoms with Crippen molar-refractivity contribution in [2.75, 3.05) is 6.61 Å². The van der Waals surface area contributed by atoms with Crippen LogP contribution in [0.2, 0.25) is 0 Å². The van der Waals surface area contributed by atoms with E-state index in [1.165, 1.54) is 6.34 Å². The number of carbonyl (C=O) groups excluding carboxylic acids is 1. The molecule has 0 aliphatic heterocycles. The highest BCUT2D eigenvalue weighted by atomic mass is 16.5. The lowest BCUT2D eigenvalue weighted by Crippen LogP contribution is -2.09. The molecular formula is C13H16N4O2. The van der Waals surface area contributed by atoms with Gasteiger partial charge in [-0.1, -0.05) is 0 Å². The van der Waals surface area contributed by atoms with Crippen molar-refractivity contribution in [2.45, 2.75) is 13.5 Å². The van der Waals surface area contributed by atoms with Gasteiger partial charge in [-0.05, 0) is 13.0 Å². The summed E-state index contributed by atoms with van der Waals surface area (Å²) >= 11 is 0. The topological polar surface area (TPSA) is 82.5 Å². The van der Waals surface area contributed by atoms with Crippen LogP contribution < -0.4 is 5.73 Å². The number of pyridine rings is 1. The summed E-state index contributed by atoms with van der Waals surface area (Å²) in [5.41, 5.74) is 7.45. The van der Waals surface area contributed by atoms with Crippen molar-refractivity contribution in [2.24, 2.45) is 17.8 Å². The number of carbonyl (C=O) groups is 1. The number of nitrogens with zero attached hydrogens (tertiary/aromatic N) is 3. The molecule has 0 aliphatic carbocycles. The van der Waals surface area contributed by atoms with Crippen molar-refractivity contribution in [1.29, 1.82) is 0 Å².